The number of carbonyl (C=O) groups is 1. The third-order valence-corrected chi connectivity index (χ3v) is 10.2. The van der Waals surface area contributed by atoms with Crippen molar-refractivity contribution in [2.75, 3.05) is 20.6 Å². The zero-order valence-corrected chi connectivity index (χ0v) is 28.0. The number of carboxylic acids is 1. The van der Waals surface area contributed by atoms with E-state index in [1.54, 1.807) is 54.6 Å². The first kappa shape index (κ1) is 33.7. The molecule has 0 spiro atoms. The summed E-state index contributed by atoms with van der Waals surface area (Å²) in [5.74, 6) is 0.469. The lowest BCUT2D eigenvalue weighted by molar-refractivity contribution is -0.903. The van der Waals surface area contributed by atoms with Crippen LogP contribution in [0.25, 0.3) is 0 Å². The van der Waals surface area contributed by atoms with E-state index in [4.69, 9.17) is 4.74 Å². The maximum Gasteiger partial charge on any atom is 0.206 e. The van der Waals surface area contributed by atoms with Crippen molar-refractivity contribution in [2.24, 2.45) is 0 Å². The number of sulfone groups is 1. The van der Waals surface area contributed by atoms with E-state index in [-0.39, 0.29) is 22.0 Å². The van der Waals surface area contributed by atoms with Gasteiger partial charge in [0.1, 0.15) is 23.8 Å². The summed E-state index contributed by atoms with van der Waals surface area (Å²) < 4.78 is 32.8. The standard InChI is InChI=1S/C37H43NO6S/c1-25-20-30(23-28(35(25)41)24-38(6,7)19-11-14-34(39)40)37(4,5)29-21-26(2)36(27(3)22-29)44-31-15-17-33(18-16-31)45(42,43)32-12-9-8-10-13-32/h8-10,12-13,15-18,20-23H,11,14,19,24H2,1-7H3,(H-,39,40,41). The van der Waals surface area contributed by atoms with E-state index in [0.29, 0.717) is 35.5 Å². The smallest absolute Gasteiger partial charge is 0.206 e. The maximum absolute atomic E-state index is 13.0. The molecule has 0 unspecified atom stereocenters. The number of carbonyl (C=O) groups excluding carboxylic acids is 1. The number of quaternary nitrogens is 1. The fourth-order valence-corrected chi connectivity index (χ4v) is 6.99. The van der Waals surface area contributed by atoms with Crippen LogP contribution in [0, 0.1) is 20.8 Å². The van der Waals surface area contributed by atoms with Gasteiger partial charge in [0.05, 0.1) is 30.4 Å². The number of aromatic hydroxyl groups is 1. The topological polar surface area (TPSA) is 104 Å². The largest absolute Gasteiger partial charge is 0.550 e. The molecule has 0 amide bonds. The molecule has 0 bridgehead atoms. The number of carboxylic acid groups (broad SMARTS) is 1. The summed E-state index contributed by atoms with van der Waals surface area (Å²) in [5, 5.41) is 21.9. The fraction of sp³-hybridized carbons (Fsp3) is 0.324. The first-order valence-electron chi connectivity index (χ1n) is 15.1. The highest BCUT2D eigenvalue weighted by Crippen LogP contribution is 2.40. The fourth-order valence-electron chi connectivity index (χ4n) is 5.70. The Hall–Kier alpha value is -4.14. The molecule has 0 atom stereocenters. The van der Waals surface area contributed by atoms with Crippen LogP contribution in [0.2, 0.25) is 0 Å². The number of phenolic OH excluding ortho intramolecular Hbond substituents is 1. The van der Waals surface area contributed by atoms with Gasteiger partial charge in [0.25, 0.3) is 0 Å². The van der Waals surface area contributed by atoms with Crippen molar-refractivity contribution in [3.05, 3.63) is 112 Å². The van der Waals surface area contributed by atoms with Gasteiger partial charge in [-0.2, -0.15) is 0 Å². The first-order chi connectivity index (χ1) is 21.0. The Balaban J connectivity index is 1.58. The summed E-state index contributed by atoms with van der Waals surface area (Å²) in [5.41, 5.74) is 5.25. The Morgan fingerprint density at radius 1 is 0.844 bits per heavy atom. The minimum atomic E-state index is -3.62. The van der Waals surface area contributed by atoms with E-state index in [1.165, 1.54) is 0 Å². The lowest BCUT2D eigenvalue weighted by Crippen LogP contribution is -2.40. The monoisotopic (exact) mass is 629 g/mol. The molecule has 0 aliphatic heterocycles. The average molecular weight is 630 g/mol. The van der Waals surface area contributed by atoms with Crippen LogP contribution < -0.4 is 9.84 Å². The van der Waals surface area contributed by atoms with Crippen LogP contribution in [0.4, 0.5) is 0 Å². The van der Waals surface area contributed by atoms with Crippen molar-refractivity contribution in [1.29, 1.82) is 0 Å². The number of benzene rings is 4. The highest BCUT2D eigenvalue weighted by Gasteiger charge is 2.28. The molecule has 1 N–H and O–H groups in total. The number of aryl methyl sites for hydroxylation is 3. The molecule has 4 aromatic rings. The Labute approximate surface area is 267 Å². The Morgan fingerprint density at radius 2 is 1.38 bits per heavy atom. The van der Waals surface area contributed by atoms with Gasteiger partial charge in [0.2, 0.25) is 9.84 Å². The van der Waals surface area contributed by atoms with E-state index in [0.717, 1.165) is 33.4 Å². The number of rotatable bonds is 12. The van der Waals surface area contributed by atoms with Gasteiger partial charge in [0, 0.05) is 23.4 Å². The second-order valence-electron chi connectivity index (χ2n) is 13.0. The molecule has 0 radical (unpaired) electrons. The number of hydrogen-bond donors (Lipinski definition) is 1. The van der Waals surface area contributed by atoms with Crippen LogP contribution >= 0.6 is 0 Å². The normalized spacial score (nSPS) is 12.2. The van der Waals surface area contributed by atoms with Crippen LogP contribution in [0.15, 0.2) is 88.7 Å². The summed E-state index contributed by atoms with van der Waals surface area (Å²) in [4.78, 5) is 11.3. The lowest BCUT2D eigenvalue weighted by atomic mass is 9.76. The Kier molecular flexibility index (Phi) is 9.80. The quantitative estimate of drug-likeness (QED) is 0.183. The molecule has 4 aromatic carbocycles. The van der Waals surface area contributed by atoms with Gasteiger partial charge < -0.3 is 24.2 Å². The van der Waals surface area contributed by atoms with Gasteiger partial charge >= 0.3 is 0 Å². The molecule has 0 saturated heterocycles. The van der Waals surface area contributed by atoms with Crippen molar-refractivity contribution in [3.63, 3.8) is 0 Å². The molecule has 8 heteroatoms. The molecule has 0 aromatic heterocycles. The van der Waals surface area contributed by atoms with Crippen molar-refractivity contribution < 1.29 is 32.6 Å². The summed E-state index contributed by atoms with van der Waals surface area (Å²) >= 11 is 0. The molecular weight excluding hydrogens is 586 g/mol. The predicted octanol–water partition coefficient (Wildman–Crippen LogP) is 6.37. The van der Waals surface area contributed by atoms with Crippen molar-refractivity contribution in [2.45, 2.75) is 69.2 Å². The molecule has 4 rings (SSSR count). The second-order valence-corrected chi connectivity index (χ2v) is 15.0. The van der Waals surface area contributed by atoms with Gasteiger partial charge in [-0.1, -0.05) is 50.2 Å². The number of aliphatic carboxylic acids is 1. The van der Waals surface area contributed by atoms with Gasteiger partial charge in [-0.25, -0.2) is 8.42 Å². The Morgan fingerprint density at radius 3 is 1.96 bits per heavy atom. The van der Waals surface area contributed by atoms with Crippen LogP contribution in [0.1, 0.15) is 60.1 Å². The predicted molar refractivity (Wildman–Crippen MR) is 174 cm³/mol. The van der Waals surface area contributed by atoms with Crippen molar-refractivity contribution in [1.82, 2.24) is 0 Å². The van der Waals surface area contributed by atoms with E-state index in [1.807, 2.05) is 40.9 Å². The second kappa shape index (κ2) is 13.1. The van der Waals surface area contributed by atoms with Crippen LogP contribution in [0.3, 0.4) is 0 Å². The summed E-state index contributed by atoms with van der Waals surface area (Å²) in [6, 6.07) is 23.1. The Bertz CT molecular complexity index is 1770. The lowest BCUT2D eigenvalue weighted by Gasteiger charge is -2.32. The molecular formula is C37H43NO6S. The molecule has 0 heterocycles. The van der Waals surface area contributed by atoms with Gasteiger partial charge in [-0.05, 0) is 97.5 Å². The van der Waals surface area contributed by atoms with E-state index in [2.05, 4.69) is 32.0 Å². The third-order valence-electron chi connectivity index (χ3n) is 8.43. The molecule has 45 heavy (non-hydrogen) atoms. The number of hydrogen-bond acceptors (Lipinski definition) is 6. The summed E-state index contributed by atoms with van der Waals surface area (Å²) in [6.07, 6.45) is 0.518. The number of ether oxygens (including phenoxy) is 1. The first-order valence-corrected chi connectivity index (χ1v) is 16.5. The summed E-state index contributed by atoms with van der Waals surface area (Å²) in [6.45, 7) is 11.4. The zero-order valence-electron chi connectivity index (χ0n) is 27.2. The highest BCUT2D eigenvalue weighted by molar-refractivity contribution is 7.91. The van der Waals surface area contributed by atoms with Crippen LogP contribution in [-0.2, 0) is 26.6 Å². The van der Waals surface area contributed by atoms with Gasteiger partial charge in [-0.15, -0.1) is 0 Å². The molecule has 0 fully saturated rings. The van der Waals surface area contributed by atoms with Crippen molar-refractivity contribution >= 4 is 15.8 Å². The zero-order chi connectivity index (χ0) is 33.2. The average Bonchev–Trinajstić information content (AvgIpc) is 2.97. The third kappa shape index (κ3) is 7.75. The van der Waals surface area contributed by atoms with E-state index >= 15 is 0 Å². The molecule has 7 nitrogen and oxygen atoms in total. The number of nitrogens with zero attached hydrogens (tertiary/aromatic N) is 1. The maximum atomic E-state index is 13.0. The minimum Gasteiger partial charge on any atom is -0.550 e. The molecule has 0 aliphatic carbocycles. The van der Waals surface area contributed by atoms with Gasteiger partial charge in [-0.3, -0.25) is 0 Å². The molecule has 0 saturated carbocycles. The number of phenols is 1. The highest BCUT2D eigenvalue weighted by atomic mass is 32.2. The van der Waals surface area contributed by atoms with Crippen molar-refractivity contribution in [3.8, 4) is 17.2 Å². The van der Waals surface area contributed by atoms with Crippen LogP contribution in [-0.4, -0.2) is 44.6 Å². The molecule has 238 valence electrons. The van der Waals surface area contributed by atoms with Gasteiger partial charge in [0.15, 0.2) is 0 Å². The van der Waals surface area contributed by atoms with Crippen LogP contribution in [0.5, 0.6) is 17.2 Å². The minimum absolute atomic E-state index is 0.0135. The van der Waals surface area contributed by atoms with E-state index in [9.17, 15) is 23.4 Å². The van der Waals surface area contributed by atoms with E-state index < -0.39 is 21.2 Å². The molecule has 0 aliphatic rings. The SMILES string of the molecule is Cc1cc(C(C)(C)c2cc(C)c(Oc3ccc(S(=O)(=O)c4ccccc4)cc3)c(C)c2)cc(C[N+](C)(C)CCCC(=O)[O-])c1O. The summed E-state index contributed by atoms with van der Waals surface area (Å²) in [7, 11) is 0.446.